The zero-order valence-electron chi connectivity index (χ0n) is 16.5. The van der Waals surface area contributed by atoms with Gasteiger partial charge in [-0.1, -0.05) is 12.1 Å². The standard InChI is InChI=1S/C23H36NO/c1-4-24(3,5-2)10-11-25-22-8-6-21(7-9-22)23-15-18-12-19(16-23)14-20(13-18)17-23/h6-9,18-20H,4-5,10-17H2,1-3H3/q+1. The van der Waals surface area contributed by atoms with Crippen LogP contribution in [0.1, 0.15) is 57.9 Å². The van der Waals surface area contributed by atoms with Crippen LogP contribution in [0.3, 0.4) is 0 Å². The van der Waals surface area contributed by atoms with E-state index in [9.17, 15) is 0 Å². The van der Waals surface area contributed by atoms with Crippen LogP contribution in [0.25, 0.3) is 0 Å². The summed E-state index contributed by atoms with van der Waals surface area (Å²) in [6.45, 7) is 8.78. The highest BCUT2D eigenvalue weighted by Crippen LogP contribution is 2.60. The molecule has 4 aliphatic rings. The average molecular weight is 343 g/mol. The molecule has 0 saturated heterocycles. The van der Waals surface area contributed by atoms with Gasteiger partial charge in [0.1, 0.15) is 18.9 Å². The molecule has 4 fully saturated rings. The highest BCUT2D eigenvalue weighted by atomic mass is 16.5. The molecule has 0 heterocycles. The van der Waals surface area contributed by atoms with Gasteiger partial charge in [-0.05, 0) is 93.2 Å². The number of likely N-dealkylation sites (N-methyl/N-ethyl adjacent to an activating group) is 1. The maximum atomic E-state index is 6.06. The van der Waals surface area contributed by atoms with Gasteiger partial charge in [-0.25, -0.2) is 0 Å². The Labute approximate surface area is 154 Å². The molecule has 0 unspecified atom stereocenters. The van der Waals surface area contributed by atoms with E-state index in [0.29, 0.717) is 5.41 Å². The molecule has 0 atom stereocenters. The fourth-order valence-corrected chi connectivity index (χ4v) is 6.29. The summed E-state index contributed by atoms with van der Waals surface area (Å²) in [6.07, 6.45) is 8.90. The van der Waals surface area contributed by atoms with E-state index in [2.05, 4.69) is 45.2 Å². The maximum Gasteiger partial charge on any atom is 0.137 e. The SMILES string of the molecule is CC[N+](C)(CC)CCOc1ccc(C23CC4CC(CC(C4)C2)C3)cc1. The number of rotatable bonds is 7. The molecule has 0 N–H and O–H groups in total. The van der Waals surface area contributed by atoms with Crippen molar-refractivity contribution in [1.29, 1.82) is 0 Å². The molecule has 1 aromatic carbocycles. The van der Waals surface area contributed by atoms with Crippen molar-refractivity contribution in [2.24, 2.45) is 17.8 Å². The molecule has 4 aliphatic carbocycles. The molecule has 0 aromatic heterocycles. The number of ether oxygens (including phenoxy) is 1. The first-order chi connectivity index (χ1) is 12.0. The van der Waals surface area contributed by atoms with E-state index in [1.807, 2.05) is 0 Å². The lowest BCUT2D eigenvalue weighted by Gasteiger charge is -2.57. The van der Waals surface area contributed by atoms with Gasteiger partial charge in [0.2, 0.25) is 0 Å². The fraction of sp³-hybridized carbons (Fsp3) is 0.739. The first-order valence-electron chi connectivity index (χ1n) is 10.6. The van der Waals surface area contributed by atoms with Crippen molar-refractivity contribution in [2.45, 2.75) is 57.8 Å². The second-order valence-corrected chi connectivity index (χ2v) is 9.55. The van der Waals surface area contributed by atoms with Crippen molar-refractivity contribution in [3.63, 3.8) is 0 Å². The van der Waals surface area contributed by atoms with Gasteiger partial charge in [-0.15, -0.1) is 0 Å². The summed E-state index contributed by atoms with van der Waals surface area (Å²) in [4.78, 5) is 0. The van der Waals surface area contributed by atoms with Crippen LogP contribution < -0.4 is 4.74 Å². The predicted octanol–water partition coefficient (Wildman–Crippen LogP) is 5.02. The quantitative estimate of drug-likeness (QED) is 0.632. The van der Waals surface area contributed by atoms with Crippen molar-refractivity contribution in [3.8, 4) is 5.75 Å². The van der Waals surface area contributed by atoms with Crippen LogP contribution in [0.15, 0.2) is 24.3 Å². The molecule has 0 radical (unpaired) electrons. The molecule has 2 nitrogen and oxygen atoms in total. The van der Waals surface area contributed by atoms with E-state index in [0.717, 1.165) is 41.1 Å². The zero-order chi connectivity index (χ0) is 17.5. The number of hydrogen-bond donors (Lipinski definition) is 0. The topological polar surface area (TPSA) is 9.23 Å². The fourth-order valence-electron chi connectivity index (χ4n) is 6.29. The van der Waals surface area contributed by atoms with Crippen LogP contribution in [0.4, 0.5) is 0 Å². The lowest BCUT2D eigenvalue weighted by Crippen LogP contribution is -2.48. The van der Waals surface area contributed by atoms with Gasteiger partial charge in [-0.3, -0.25) is 0 Å². The van der Waals surface area contributed by atoms with Crippen molar-refractivity contribution < 1.29 is 9.22 Å². The molecule has 0 amide bonds. The summed E-state index contributed by atoms with van der Waals surface area (Å²) >= 11 is 0. The first kappa shape index (κ1) is 17.4. The average Bonchev–Trinajstić information content (AvgIpc) is 2.61. The van der Waals surface area contributed by atoms with E-state index in [1.54, 1.807) is 5.56 Å². The Bertz CT molecular complexity index is 551. The summed E-state index contributed by atoms with van der Waals surface area (Å²) in [5.74, 6) is 4.09. The van der Waals surface area contributed by atoms with E-state index >= 15 is 0 Å². The lowest BCUT2D eigenvalue weighted by molar-refractivity contribution is -0.906. The summed E-state index contributed by atoms with van der Waals surface area (Å²) in [6, 6.07) is 9.23. The normalized spacial score (nSPS) is 33.6. The van der Waals surface area contributed by atoms with Crippen LogP contribution in [-0.2, 0) is 5.41 Å². The third kappa shape index (κ3) is 3.35. The highest BCUT2D eigenvalue weighted by Gasteiger charge is 2.51. The van der Waals surface area contributed by atoms with Gasteiger partial charge in [0.05, 0.1) is 20.1 Å². The Morgan fingerprint density at radius 1 is 0.920 bits per heavy atom. The van der Waals surface area contributed by atoms with Crippen LogP contribution in [0.2, 0.25) is 0 Å². The van der Waals surface area contributed by atoms with Gasteiger partial charge in [-0.2, -0.15) is 0 Å². The molecule has 1 aromatic rings. The van der Waals surface area contributed by atoms with E-state index in [-0.39, 0.29) is 0 Å². The highest BCUT2D eigenvalue weighted by molar-refractivity contribution is 5.34. The monoisotopic (exact) mass is 342 g/mol. The predicted molar refractivity (Wildman–Crippen MR) is 104 cm³/mol. The first-order valence-corrected chi connectivity index (χ1v) is 10.6. The van der Waals surface area contributed by atoms with Gasteiger partial charge >= 0.3 is 0 Å². The Balaban J connectivity index is 1.39. The maximum absolute atomic E-state index is 6.06. The minimum atomic E-state index is 0.507. The third-order valence-electron chi connectivity index (χ3n) is 7.93. The molecular weight excluding hydrogens is 306 g/mol. The van der Waals surface area contributed by atoms with Crippen LogP contribution in [-0.4, -0.2) is 37.8 Å². The second-order valence-electron chi connectivity index (χ2n) is 9.55. The molecule has 138 valence electrons. The van der Waals surface area contributed by atoms with Gasteiger partial charge in [0, 0.05) is 0 Å². The number of quaternary nitrogens is 1. The van der Waals surface area contributed by atoms with Crippen LogP contribution in [0.5, 0.6) is 5.75 Å². The third-order valence-corrected chi connectivity index (χ3v) is 7.93. The largest absolute Gasteiger partial charge is 0.488 e. The van der Waals surface area contributed by atoms with Gasteiger partial charge in [0.15, 0.2) is 0 Å². The molecule has 4 bridgehead atoms. The van der Waals surface area contributed by atoms with Crippen molar-refractivity contribution in [1.82, 2.24) is 0 Å². The summed E-state index contributed by atoms with van der Waals surface area (Å²) in [5.41, 5.74) is 2.11. The minimum absolute atomic E-state index is 0.507. The Kier molecular flexibility index (Phi) is 4.60. The van der Waals surface area contributed by atoms with Gasteiger partial charge in [0.25, 0.3) is 0 Å². The van der Waals surface area contributed by atoms with Crippen LogP contribution in [0, 0.1) is 17.8 Å². The summed E-state index contributed by atoms with van der Waals surface area (Å²) in [5, 5.41) is 0. The van der Waals surface area contributed by atoms with Crippen molar-refractivity contribution >= 4 is 0 Å². The zero-order valence-corrected chi connectivity index (χ0v) is 16.5. The second kappa shape index (κ2) is 6.61. The molecule has 2 heteroatoms. The summed E-state index contributed by atoms with van der Waals surface area (Å²) < 4.78 is 7.15. The summed E-state index contributed by atoms with van der Waals surface area (Å²) in [7, 11) is 2.32. The molecule has 5 rings (SSSR count). The van der Waals surface area contributed by atoms with Crippen molar-refractivity contribution in [2.75, 3.05) is 33.3 Å². The Hall–Kier alpha value is -1.02. The Morgan fingerprint density at radius 2 is 1.44 bits per heavy atom. The number of benzene rings is 1. The molecule has 0 spiro atoms. The van der Waals surface area contributed by atoms with Crippen molar-refractivity contribution in [3.05, 3.63) is 29.8 Å². The number of nitrogens with zero attached hydrogens (tertiary/aromatic N) is 1. The van der Waals surface area contributed by atoms with E-state index < -0.39 is 0 Å². The minimum Gasteiger partial charge on any atom is -0.488 e. The molecule has 25 heavy (non-hydrogen) atoms. The smallest absolute Gasteiger partial charge is 0.137 e. The van der Waals surface area contributed by atoms with Crippen LogP contribution >= 0.6 is 0 Å². The molecule has 4 saturated carbocycles. The Morgan fingerprint density at radius 3 is 1.92 bits per heavy atom. The van der Waals surface area contributed by atoms with E-state index in [4.69, 9.17) is 4.74 Å². The number of hydrogen-bond acceptors (Lipinski definition) is 1. The molecular formula is C23H36NO+. The lowest BCUT2D eigenvalue weighted by atomic mass is 9.48. The van der Waals surface area contributed by atoms with E-state index in [1.165, 1.54) is 51.6 Å². The van der Waals surface area contributed by atoms with Gasteiger partial charge < -0.3 is 9.22 Å². The molecule has 0 aliphatic heterocycles.